The van der Waals surface area contributed by atoms with Gasteiger partial charge in [-0.25, -0.2) is 15.0 Å². The number of fused-ring (bicyclic) bond motifs is 1. The van der Waals surface area contributed by atoms with E-state index >= 15 is 0 Å². The Hall–Kier alpha value is -5.19. The Morgan fingerprint density at radius 3 is 2.45 bits per heavy atom. The largest absolute Gasteiger partial charge is 0.495 e. The van der Waals surface area contributed by atoms with E-state index in [1.165, 1.54) is 19.2 Å². The minimum atomic E-state index is -4.53. The molecular weight excluding hydrogens is 521 g/mol. The van der Waals surface area contributed by atoms with Gasteiger partial charge in [-0.1, -0.05) is 12.1 Å². The van der Waals surface area contributed by atoms with E-state index in [4.69, 9.17) is 16.2 Å². The number of halogens is 3. The average Bonchev–Trinajstić information content (AvgIpc) is 2.92. The molecule has 0 bridgehead atoms. The number of nitrogens with one attached hydrogen (secondary N) is 1. The number of carbonyl (C=O) groups is 1. The van der Waals surface area contributed by atoms with Crippen molar-refractivity contribution in [2.75, 3.05) is 23.9 Å². The van der Waals surface area contributed by atoms with Crippen molar-refractivity contribution in [2.45, 2.75) is 13.1 Å². The van der Waals surface area contributed by atoms with Gasteiger partial charge in [0.15, 0.2) is 0 Å². The second-order valence-electron chi connectivity index (χ2n) is 9.03. The molecule has 11 heteroatoms. The number of ether oxygens (including phenoxy) is 1. The SMILES string of the molecule is COc1c(-c2cc(C(=O)Nc3cccc(C(F)(F)F)c3)ccc2C)cc2cnc(N)nc2c1-c1ccc(N)nc1. The van der Waals surface area contributed by atoms with Gasteiger partial charge < -0.3 is 21.5 Å². The molecule has 2 aromatic heterocycles. The van der Waals surface area contributed by atoms with E-state index in [-0.39, 0.29) is 17.2 Å². The molecule has 2 heterocycles. The van der Waals surface area contributed by atoms with Crippen molar-refractivity contribution in [1.82, 2.24) is 15.0 Å². The zero-order chi connectivity index (χ0) is 28.6. The molecule has 5 rings (SSSR count). The number of amides is 1. The number of aryl methyl sites for hydroxylation is 1. The van der Waals surface area contributed by atoms with Gasteiger partial charge in [-0.05, 0) is 66.6 Å². The fourth-order valence-electron chi connectivity index (χ4n) is 4.44. The number of carbonyl (C=O) groups excluding carboxylic acids is 1. The number of methoxy groups -OCH3 is 1. The minimum absolute atomic E-state index is 0.0260. The highest BCUT2D eigenvalue weighted by molar-refractivity contribution is 6.06. The van der Waals surface area contributed by atoms with Crippen LogP contribution in [0.3, 0.4) is 0 Å². The van der Waals surface area contributed by atoms with Crippen molar-refractivity contribution in [3.05, 3.63) is 89.7 Å². The van der Waals surface area contributed by atoms with E-state index in [9.17, 15) is 18.0 Å². The monoisotopic (exact) mass is 544 g/mol. The topological polar surface area (TPSA) is 129 Å². The first-order valence-corrected chi connectivity index (χ1v) is 12.0. The maximum Gasteiger partial charge on any atom is 0.416 e. The highest BCUT2D eigenvalue weighted by Gasteiger charge is 2.30. The van der Waals surface area contributed by atoms with Gasteiger partial charge in [-0.2, -0.15) is 13.2 Å². The zero-order valence-corrected chi connectivity index (χ0v) is 21.4. The first-order chi connectivity index (χ1) is 19.0. The lowest BCUT2D eigenvalue weighted by Crippen LogP contribution is -2.13. The number of pyridine rings is 1. The minimum Gasteiger partial charge on any atom is -0.495 e. The lowest BCUT2D eigenvalue weighted by molar-refractivity contribution is -0.137. The molecule has 0 saturated heterocycles. The summed E-state index contributed by atoms with van der Waals surface area (Å²) < 4.78 is 45.3. The number of rotatable bonds is 5. The van der Waals surface area contributed by atoms with Crippen LogP contribution in [0.5, 0.6) is 5.75 Å². The number of anilines is 3. The van der Waals surface area contributed by atoms with Crippen LogP contribution in [0, 0.1) is 6.92 Å². The van der Waals surface area contributed by atoms with Crippen LogP contribution in [0.4, 0.5) is 30.6 Å². The highest BCUT2D eigenvalue weighted by Crippen LogP contribution is 2.44. The Balaban J connectivity index is 1.64. The quantitative estimate of drug-likeness (QED) is 0.243. The molecule has 40 heavy (non-hydrogen) atoms. The number of hydrogen-bond acceptors (Lipinski definition) is 7. The molecule has 0 saturated carbocycles. The van der Waals surface area contributed by atoms with Gasteiger partial charge in [0.25, 0.3) is 5.91 Å². The summed E-state index contributed by atoms with van der Waals surface area (Å²) in [6.45, 7) is 1.87. The molecule has 0 spiro atoms. The van der Waals surface area contributed by atoms with Crippen molar-refractivity contribution in [1.29, 1.82) is 0 Å². The number of alkyl halides is 3. The van der Waals surface area contributed by atoms with E-state index in [2.05, 4.69) is 20.3 Å². The van der Waals surface area contributed by atoms with Gasteiger partial charge in [0, 0.05) is 40.2 Å². The number of nitrogens with zero attached hydrogens (tertiary/aromatic N) is 3. The van der Waals surface area contributed by atoms with Crippen molar-refractivity contribution >= 4 is 34.3 Å². The number of hydrogen-bond donors (Lipinski definition) is 3. The van der Waals surface area contributed by atoms with E-state index in [0.29, 0.717) is 44.7 Å². The molecular formula is C29H23F3N6O2. The van der Waals surface area contributed by atoms with Gasteiger partial charge in [-0.15, -0.1) is 0 Å². The molecule has 0 aliphatic carbocycles. The second kappa shape index (κ2) is 10.2. The van der Waals surface area contributed by atoms with Crippen molar-refractivity contribution in [3.63, 3.8) is 0 Å². The molecule has 202 valence electrons. The van der Waals surface area contributed by atoms with Gasteiger partial charge in [0.1, 0.15) is 11.6 Å². The fraction of sp³-hybridized carbons (Fsp3) is 0.103. The van der Waals surface area contributed by atoms with E-state index in [1.807, 2.05) is 13.0 Å². The van der Waals surface area contributed by atoms with Gasteiger partial charge in [0.2, 0.25) is 5.95 Å². The molecule has 3 aromatic carbocycles. The first kappa shape index (κ1) is 26.4. The fourth-order valence-corrected chi connectivity index (χ4v) is 4.44. The molecule has 0 radical (unpaired) electrons. The predicted molar refractivity (Wildman–Crippen MR) is 148 cm³/mol. The van der Waals surface area contributed by atoms with E-state index in [0.717, 1.165) is 17.7 Å². The summed E-state index contributed by atoms with van der Waals surface area (Å²) in [7, 11) is 1.52. The van der Waals surface area contributed by atoms with Crippen LogP contribution < -0.4 is 21.5 Å². The summed E-state index contributed by atoms with van der Waals surface area (Å²) in [6, 6.07) is 14.7. The Kier molecular flexibility index (Phi) is 6.72. The molecule has 0 aliphatic rings. The lowest BCUT2D eigenvalue weighted by Gasteiger charge is -2.18. The summed E-state index contributed by atoms with van der Waals surface area (Å²) >= 11 is 0. The molecule has 1 amide bonds. The van der Waals surface area contributed by atoms with Crippen LogP contribution in [0.15, 0.2) is 73.1 Å². The Bertz CT molecular complexity index is 1750. The molecule has 5 N–H and O–H groups in total. The third kappa shape index (κ3) is 5.08. The first-order valence-electron chi connectivity index (χ1n) is 12.0. The second-order valence-corrected chi connectivity index (χ2v) is 9.03. The zero-order valence-electron chi connectivity index (χ0n) is 21.4. The lowest BCUT2D eigenvalue weighted by atomic mass is 9.91. The van der Waals surface area contributed by atoms with E-state index in [1.54, 1.807) is 42.7 Å². The molecule has 0 unspecified atom stereocenters. The Morgan fingerprint density at radius 2 is 1.75 bits per heavy atom. The normalized spacial score (nSPS) is 11.4. The third-order valence-electron chi connectivity index (χ3n) is 6.36. The molecule has 0 aliphatic heterocycles. The molecule has 0 fully saturated rings. The van der Waals surface area contributed by atoms with Crippen LogP contribution in [0.25, 0.3) is 33.2 Å². The van der Waals surface area contributed by atoms with Crippen LogP contribution in [-0.4, -0.2) is 28.0 Å². The summed E-state index contributed by atoms with van der Waals surface area (Å²) in [5.74, 6) is 0.305. The molecule has 5 aromatic rings. The van der Waals surface area contributed by atoms with Crippen LogP contribution in [0.2, 0.25) is 0 Å². The number of nitrogen functional groups attached to an aromatic ring is 2. The summed E-state index contributed by atoms with van der Waals surface area (Å²) in [6.07, 6.45) is -1.34. The summed E-state index contributed by atoms with van der Waals surface area (Å²) in [4.78, 5) is 25.9. The molecule has 0 atom stereocenters. The van der Waals surface area contributed by atoms with Crippen LogP contribution >= 0.6 is 0 Å². The summed E-state index contributed by atoms with van der Waals surface area (Å²) in [5.41, 5.74) is 15.1. The Morgan fingerprint density at radius 1 is 0.950 bits per heavy atom. The maximum atomic E-state index is 13.1. The van der Waals surface area contributed by atoms with Crippen molar-refractivity contribution in [2.24, 2.45) is 0 Å². The number of aromatic nitrogens is 3. The standard InChI is InChI=1S/C29H23F3N6O2/c1-15-6-7-16(27(39)37-20-5-3-4-19(12-20)29(30,31)32)10-21(15)22-11-18-14-36-28(34)38-25(18)24(26(22)40-2)17-8-9-23(33)35-13-17/h3-14H,1-2H3,(H2,33,35)(H,37,39)(H2,34,36,38). The molecule has 8 nitrogen and oxygen atoms in total. The third-order valence-corrected chi connectivity index (χ3v) is 6.36. The van der Waals surface area contributed by atoms with Gasteiger partial charge >= 0.3 is 6.18 Å². The summed E-state index contributed by atoms with van der Waals surface area (Å²) in [5, 5.41) is 3.21. The van der Waals surface area contributed by atoms with Crippen LogP contribution in [0.1, 0.15) is 21.5 Å². The maximum absolute atomic E-state index is 13.1. The van der Waals surface area contributed by atoms with E-state index < -0.39 is 17.6 Å². The number of nitrogens with two attached hydrogens (primary N) is 2. The van der Waals surface area contributed by atoms with Crippen LogP contribution in [-0.2, 0) is 6.18 Å². The number of benzene rings is 3. The van der Waals surface area contributed by atoms with Gasteiger partial charge in [0.05, 0.1) is 23.8 Å². The van der Waals surface area contributed by atoms with Crippen molar-refractivity contribution in [3.8, 4) is 28.0 Å². The smallest absolute Gasteiger partial charge is 0.416 e. The predicted octanol–water partition coefficient (Wildman–Crippen LogP) is 6.11. The van der Waals surface area contributed by atoms with Gasteiger partial charge in [-0.3, -0.25) is 4.79 Å². The highest BCUT2D eigenvalue weighted by atomic mass is 19.4. The average molecular weight is 545 g/mol. The Labute approximate surface area is 226 Å². The van der Waals surface area contributed by atoms with Crippen molar-refractivity contribution < 1.29 is 22.7 Å².